The third-order valence-electron chi connectivity index (χ3n) is 2.41. The number of thiazole rings is 1. The van der Waals surface area contributed by atoms with Gasteiger partial charge in [-0.25, -0.2) is 4.98 Å². The maximum atomic E-state index is 12.0. The Kier molecular flexibility index (Phi) is 4.47. The summed E-state index contributed by atoms with van der Waals surface area (Å²) in [5.41, 5.74) is 1.68. The standard InChI is InChI=1S/C14H12N4OS/c1-10-3-2-4-12(7-10)18-13(19)11(8-15)9-17-14-16-5-6-20-14/h2-7,9H,1H3,(H,16,17)(H,18,19)/b11-9-. The highest BCUT2D eigenvalue weighted by molar-refractivity contribution is 7.13. The first-order chi connectivity index (χ1) is 9.69. The number of aromatic nitrogens is 1. The quantitative estimate of drug-likeness (QED) is 0.668. The molecule has 0 bridgehead atoms. The average molecular weight is 284 g/mol. The van der Waals surface area contributed by atoms with Crippen molar-refractivity contribution in [2.75, 3.05) is 10.6 Å². The van der Waals surface area contributed by atoms with Gasteiger partial charge in [-0.2, -0.15) is 5.26 Å². The van der Waals surface area contributed by atoms with E-state index in [1.54, 1.807) is 17.6 Å². The topological polar surface area (TPSA) is 77.8 Å². The van der Waals surface area contributed by atoms with Gasteiger partial charge >= 0.3 is 0 Å². The summed E-state index contributed by atoms with van der Waals surface area (Å²) >= 11 is 1.39. The van der Waals surface area contributed by atoms with Crippen LogP contribution in [0.4, 0.5) is 10.8 Å². The highest BCUT2D eigenvalue weighted by Gasteiger charge is 2.09. The van der Waals surface area contributed by atoms with Crippen LogP contribution < -0.4 is 10.6 Å². The Hall–Kier alpha value is -2.65. The zero-order chi connectivity index (χ0) is 14.4. The molecule has 1 amide bonds. The van der Waals surface area contributed by atoms with E-state index < -0.39 is 5.91 Å². The fraction of sp³-hybridized carbons (Fsp3) is 0.0714. The van der Waals surface area contributed by atoms with Crippen molar-refractivity contribution in [1.82, 2.24) is 4.98 Å². The van der Waals surface area contributed by atoms with Crippen LogP contribution in [0, 0.1) is 18.3 Å². The zero-order valence-corrected chi connectivity index (χ0v) is 11.6. The molecule has 0 saturated carbocycles. The fourth-order valence-electron chi connectivity index (χ4n) is 1.50. The van der Waals surface area contributed by atoms with E-state index in [1.807, 2.05) is 31.2 Å². The number of anilines is 2. The first-order valence-electron chi connectivity index (χ1n) is 5.83. The molecule has 6 heteroatoms. The lowest BCUT2D eigenvalue weighted by Crippen LogP contribution is -2.14. The molecule has 100 valence electrons. The Balaban J connectivity index is 2.06. The van der Waals surface area contributed by atoms with E-state index in [-0.39, 0.29) is 5.57 Å². The van der Waals surface area contributed by atoms with Crippen LogP contribution in [0.1, 0.15) is 5.56 Å². The minimum Gasteiger partial charge on any atom is -0.337 e. The number of amides is 1. The summed E-state index contributed by atoms with van der Waals surface area (Å²) in [6.45, 7) is 1.93. The Labute approximate surface area is 120 Å². The molecule has 1 aromatic carbocycles. The molecule has 0 saturated heterocycles. The maximum Gasteiger partial charge on any atom is 0.267 e. The van der Waals surface area contributed by atoms with Crippen molar-refractivity contribution in [3.8, 4) is 6.07 Å². The summed E-state index contributed by atoms with van der Waals surface area (Å²) in [4.78, 5) is 16.0. The van der Waals surface area contributed by atoms with Gasteiger partial charge in [0.05, 0.1) is 0 Å². The summed E-state index contributed by atoms with van der Waals surface area (Å²) in [5.74, 6) is -0.456. The highest BCUT2D eigenvalue weighted by Crippen LogP contribution is 2.13. The second kappa shape index (κ2) is 6.50. The Bertz CT molecular complexity index is 671. The van der Waals surface area contributed by atoms with Crippen molar-refractivity contribution >= 4 is 28.1 Å². The molecule has 5 nitrogen and oxygen atoms in total. The third-order valence-corrected chi connectivity index (χ3v) is 3.12. The van der Waals surface area contributed by atoms with Crippen molar-refractivity contribution in [2.45, 2.75) is 6.92 Å². The molecule has 0 radical (unpaired) electrons. The van der Waals surface area contributed by atoms with Crippen LogP contribution in [0.3, 0.4) is 0 Å². The van der Waals surface area contributed by atoms with E-state index in [0.717, 1.165) is 5.56 Å². The summed E-state index contributed by atoms with van der Waals surface area (Å²) in [7, 11) is 0. The first-order valence-corrected chi connectivity index (χ1v) is 6.71. The normalized spacial score (nSPS) is 10.7. The molecule has 0 aliphatic heterocycles. The van der Waals surface area contributed by atoms with Crippen LogP contribution in [0.25, 0.3) is 0 Å². The Morgan fingerprint density at radius 3 is 3.00 bits per heavy atom. The van der Waals surface area contributed by atoms with Gasteiger partial charge in [-0.05, 0) is 24.6 Å². The number of hydrogen-bond donors (Lipinski definition) is 2. The average Bonchev–Trinajstić information content (AvgIpc) is 2.92. The van der Waals surface area contributed by atoms with Gasteiger partial charge in [0.2, 0.25) is 0 Å². The number of nitrogens with one attached hydrogen (secondary N) is 2. The van der Waals surface area contributed by atoms with E-state index >= 15 is 0 Å². The molecule has 0 aliphatic carbocycles. The molecule has 1 heterocycles. The molecule has 0 fully saturated rings. The molecule has 20 heavy (non-hydrogen) atoms. The van der Waals surface area contributed by atoms with E-state index in [0.29, 0.717) is 10.8 Å². The molecular weight excluding hydrogens is 272 g/mol. The van der Waals surface area contributed by atoms with Gasteiger partial charge in [0, 0.05) is 23.5 Å². The van der Waals surface area contributed by atoms with Gasteiger partial charge < -0.3 is 10.6 Å². The smallest absolute Gasteiger partial charge is 0.267 e. The highest BCUT2D eigenvalue weighted by atomic mass is 32.1. The molecule has 0 aliphatic rings. The van der Waals surface area contributed by atoms with Gasteiger partial charge in [-0.3, -0.25) is 4.79 Å². The van der Waals surface area contributed by atoms with Crippen molar-refractivity contribution < 1.29 is 4.79 Å². The SMILES string of the molecule is Cc1cccc(NC(=O)/C(C#N)=C\Nc2nccs2)c1. The summed E-state index contributed by atoms with van der Waals surface area (Å²) in [6.07, 6.45) is 2.99. The van der Waals surface area contributed by atoms with E-state index in [4.69, 9.17) is 5.26 Å². The zero-order valence-electron chi connectivity index (χ0n) is 10.8. The fourth-order valence-corrected chi connectivity index (χ4v) is 2.00. The van der Waals surface area contributed by atoms with Crippen LogP contribution in [0.2, 0.25) is 0 Å². The number of benzene rings is 1. The largest absolute Gasteiger partial charge is 0.337 e. The van der Waals surface area contributed by atoms with Crippen molar-refractivity contribution in [3.63, 3.8) is 0 Å². The van der Waals surface area contributed by atoms with Gasteiger partial charge in [-0.15, -0.1) is 11.3 Å². The number of carbonyl (C=O) groups is 1. The molecule has 2 N–H and O–H groups in total. The van der Waals surface area contributed by atoms with Crippen molar-refractivity contribution in [2.24, 2.45) is 0 Å². The number of nitrogens with zero attached hydrogens (tertiary/aromatic N) is 2. The Morgan fingerprint density at radius 1 is 1.50 bits per heavy atom. The lowest BCUT2D eigenvalue weighted by atomic mass is 10.2. The van der Waals surface area contributed by atoms with Crippen LogP contribution in [0.15, 0.2) is 47.6 Å². The predicted octanol–water partition coefficient (Wildman–Crippen LogP) is 2.91. The van der Waals surface area contributed by atoms with Gasteiger partial charge in [0.1, 0.15) is 11.6 Å². The number of hydrogen-bond acceptors (Lipinski definition) is 5. The van der Waals surface area contributed by atoms with Crippen molar-refractivity contribution in [1.29, 1.82) is 5.26 Å². The molecule has 0 atom stereocenters. The molecular formula is C14H12N4OS. The molecule has 0 unspecified atom stereocenters. The summed E-state index contributed by atoms with van der Waals surface area (Å²) in [5, 5.41) is 16.9. The maximum absolute atomic E-state index is 12.0. The molecule has 2 rings (SSSR count). The summed E-state index contributed by atoms with van der Waals surface area (Å²) in [6, 6.07) is 9.24. The van der Waals surface area contributed by atoms with Crippen molar-refractivity contribution in [3.05, 3.63) is 53.2 Å². The second-order valence-electron chi connectivity index (χ2n) is 3.98. The van der Waals surface area contributed by atoms with Gasteiger partial charge in [-0.1, -0.05) is 12.1 Å². The second-order valence-corrected chi connectivity index (χ2v) is 4.87. The van der Waals surface area contributed by atoms with Crippen LogP contribution in [0.5, 0.6) is 0 Å². The minimum atomic E-state index is -0.456. The van der Waals surface area contributed by atoms with Gasteiger partial charge in [0.15, 0.2) is 5.13 Å². The first kappa shape index (κ1) is 13.8. The van der Waals surface area contributed by atoms with Crippen LogP contribution >= 0.6 is 11.3 Å². The van der Waals surface area contributed by atoms with Crippen LogP contribution in [-0.2, 0) is 4.79 Å². The van der Waals surface area contributed by atoms with Gasteiger partial charge in [0.25, 0.3) is 5.91 Å². The molecule has 1 aromatic heterocycles. The van der Waals surface area contributed by atoms with E-state index in [9.17, 15) is 4.79 Å². The number of nitriles is 1. The third kappa shape index (κ3) is 3.67. The molecule has 0 spiro atoms. The number of rotatable bonds is 4. The summed E-state index contributed by atoms with van der Waals surface area (Å²) < 4.78 is 0. The van der Waals surface area contributed by atoms with E-state index in [1.165, 1.54) is 17.5 Å². The lowest BCUT2D eigenvalue weighted by molar-refractivity contribution is -0.112. The molecule has 2 aromatic rings. The number of aryl methyl sites for hydroxylation is 1. The predicted molar refractivity (Wildman–Crippen MR) is 79.2 cm³/mol. The number of carbonyl (C=O) groups excluding carboxylic acids is 1. The monoisotopic (exact) mass is 284 g/mol. The van der Waals surface area contributed by atoms with E-state index in [2.05, 4.69) is 15.6 Å². The Morgan fingerprint density at radius 2 is 2.35 bits per heavy atom. The minimum absolute atomic E-state index is 0.0123. The van der Waals surface area contributed by atoms with Crippen LogP contribution in [-0.4, -0.2) is 10.9 Å². The lowest BCUT2D eigenvalue weighted by Gasteiger charge is -2.05.